The van der Waals surface area contributed by atoms with Crippen LogP contribution in [0.25, 0.3) is 0 Å². The number of halogens is 3. The second-order valence-electron chi connectivity index (χ2n) is 3.06. The third-order valence-corrected chi connectivity index (χ3v) is 4.63. The van der Waals surface area contributed by atoms with Crippen LogP contribution in [-0.4, -0.2) is 5.78 Å². The average molecular weight is 427 g/mol. The van der Waals surface area contributed by atoms with E-state index < -0.39 is 0 Å². The zero-order valence-corrected chi connectivity index (χ0v) is 13.2. The van der Waals surface area contributed by atoms with E-state index in [4.69, 9.17) is 11.6 Å². The Morgan fingerprint density at radius 1 is 1.31 bits per heavy atom. The average Bonchev–Trinajstić information content (AvgIpc) is 2.67. The maximum atomic E-state index is 12.2. The molecule has 0 aliphatic carbocycles. The van der Waals surface area contributed by atoms with Crippen LogP contribution in [0, 0.1) is 3.57 Å². The number of carbonyl (C=O) groups is 1. The summed E-state index contributed by atoms with van der Waals surface area (Å²) in [4.78, 5) is 12.8. The van der Waals surface area contributed by atoms with Gasteiger partial charge in [-0.05, 0) is 52.9 Å². The Hall–Kier alpha value is 0.0900. The molecule has 1 aromatic heterocycles. The maximum absolute atomic E-state index is 12.2. The third-order valence-electron chi connectivity index (χ3n) is 1.97. The molecular formula is C11H5BrClIOS. The van der Waals surface area contributed by atoms with Crippen LogP contribution < -0.4 is 0 Å². The molecule has 82 valence electrons. The molecule has 0 atom stereocenters. The molecule has 0 radical (unpaired) electrons. The molecular weight excluding hydrogens is 422 g/mol. The van der Waals surface area contributed by atoms with E-state index in [2.05, 4.69) is 38.5 Å². The number of hydrogen-bond donors (Lipinski definition) is 0. The highest BCUT2D eigenvalue weighted by Crippen LogP contribution is 2.27. The molecule has 5 heteroatoms. The Morgan fingerprint density at radius 3 is 2.69 bits per heavy atom. The number of carbonyl (C=O) groups excluding carboxylic acids is 1. The van der Waals surface area contributed by atoms with E-state index in [9.17, 15) is 4.79 Å². The number of hydrogen-bond acceptors (Lipinski definition) is 2. The SMILES string of the molecule is O=C(c1ccc(Cl)s1)c1cc(Br)ccc1I. The van der Waals surface area contributed by atoms with Crippen molar-refractivity contribution in [2.24, 2.45) is 0 Å². The number of thiophene rings is 1. The lowest BCUT2D eigenvalue weighted by Crippen LogP contribution is -2.01. The molecule has 2 aromatic rings. The summed E-state index contributed by atoms with van der Waals surface area (Å²) >= 11 is 12.6. The van der Waals surface area contributed by atoms with Gasteiger partial charge in [-0.1, -0.05) is 27.5 Å². The van der Waals surface area contributed by atoms with Crippen LogP contribution in [0.2, 0.25) is 4.34 Å². The molecule has 1 aromatic carbocycles. The highest BCUT2D eigenvalue weighted by molar-refractivity contribution is 14.1. The third kappa shape index (κ3) is 2.67. The smallest absolute Gasteiger partial charge is 0.204 e. The first-order chi connectivity index (χ1) is 7.58. The Morgan fingerprint density at radius 2 is 2.06 bits per heavy atom. The monoisotopic (exact) mass is 426 g/mol. The van der Waals surface area contributed by atoms with Gasteiger partial charge in [0.25, 0.3) is 0 Å². The van der Waals surface area contributed by atoms with E-state index in [1.54, 1.807) is 12.1 Å². The quantitative estimate of drug-likeness (QED) is 0.487. The lowest BCUT2D eigenvalue weighted by Gasteiger charge is -2.02. The van der Waals surface area contributed by atoms with Gasteiger partial charge in [0, 0.05) is 13.6 Å². The van der Waals surface area contributed by atoms with Gasteiger partial charge in [-0.15, -0.1) is 11.3 Å². The van der Waals surface area contributed by atoms with E-state index in [-0.39, 0.29) is 5.78 Å². The van der Waals surface area contributed by atoms with Crippen molar-refractivity contribution in [3.05, 3.63) is 53.2 Å². The number of benzene rings is 1. The van der Waals surface area contributed by atoms with Crippen molar-refractivity contribution in [1.82, 2.24) is 0 Å². The minimum Gasteiger partial charge on any atom is -0.288 e. The van der Waals surface area contributed by atoms with Crippen molar-refractivity contribution in [1.29, 1.82) is 0 Å². The predicted octanol–water partition coefficient (Wildman–Crippen LogP) is 5.00. The molecule has 1 heterocycles. The van der Waals surface area contributed by atoms with Gasteiger partial charge in [-0.3, -0.25) is 4.79 Å². The summed E-state index contributed by atoms with van der Waals surface area (Å²) < 4.78 is 2.47. The van der Waals surface area contributed by atoms with Crippen LogP contribution in [0.15, 0.2) is 34.8 Å². The van der Waals surface area contributed by atoms with Gasteiger partial charge < -0.3 is 0 Å². The van der Waals surface area contributed by atoms with Crippen molar-refractivity contribution in [2.75, 3.05) is 0 Å². The molecule has 0 bridgehead atoms. The highest BCUT2D eigenvalue weighted by Gasteiger charge is 2.14. The second kappa shape index (κ2) is 5.16. The molecule has 0 fully saturated rings. The Kier molecular flexibility index (Phi) is 4.05. The van der Waals surface area contributed by atoms with Gasteiger partial charge in [0.15, 0.2) is 0 Å². The summed E-state index contributed by atoms with van der Waals surface area (Å²) in [5.74, 6) is 0.0163. The first kappa shape index (κ1) is 12.5. The fourth-order valence-corrected chi connectivity index (χ4v) is 3.18. The van der Waals surface area contributed by atoms with Crippen molar-refractivity contribution < 1.29 is 4.79 Å². The Bertz CT molecular complexity index is 553. The molecule has 0 saturated heterocycles. The zero-order chi connectivity index (χ0) is 11.7. The molecule has 0 N–H and O–H groups in total. The largest absolute Gasteiger partial charge is 0.288 e. The summed E-state index contributed by atoms with van der Waals surface area (Å²) in [7, 11) is 0. The van der Waals surface area contributed by atoms with Crippen LogP contribution in [0.4, 0.5) is 0 Å². The van der Waals surface area contributed by atoms with Gasteiger partial charge in [-0.25, -0.2) is 0 Å². The maximum Gasteiger partial charge on any atom is 0.204 e. The fraction of sp³-hybridized carbons (Fsp3) is 0. The zero-order valence-electron chi connectivity index (χ0n) is 7.84. The van der Waals surface area contributed by atoms with Gasteiger partial charge >= 0.3 is 0 Å². The summed E-state index contributed by atoms with van der Waals surface area (Å²) in [5, 5.41) is 0. The highest BCUT2D eigenvalue weighted by atomic mass is 127. The lowest BCUT2D eigenvalue weighted by molar-refractivity contribution is 0.104. The minimum absolute atomic E-state index is 0.0163. The van der Waals surface area contributed by atoms with E-state index in [0.717, 1.165) is 8.04 Å². The standard InChI is InChI=1S/C11H5BrClIOS/c12-6-1-2-8(14)7(5-6)11(15)9-3-4-10(13)16-9/h1-5H. The topological polar surface area (TPSA) is 17.1 Å². The fourth-order valence-electron chi connectivity index (χ4n) is 1.24. The molecule has 16 heavy (non-hydrogen) atoms. The lowest BCUT2D eigenvalue weighted by atomic mass is 10.1. The number of rotatable bonds is 2. The minimum atomic E-state index is 0.0163. The van der Waals surface area contributed by atoms with Crippen molar-refractivity contribution in [3.8, 4) is 0 Å². The van der Waals surface area contributed by atoms with Crippen LogP contribution in [0.3, 0.4) is 0 Å². The Balaban J connectivity index is 2.45. The summed E-state index contributed by atoms with van der Waals surface area (Å²) in [6.45, 7) is 0. The first-order valence-electron chi connectivity index (χ1n) is 4.33. The van der Waals surface area contributed by atoms with Crippen LogP contribution >= 0.6 is 61.5 Å². The first-order valence-corrected chi connectivity index (χ1v) is 7.39. The molecule has 0 aliphatic heterocycles. The van der Waals surface area contributed by atoms with Crippen LogP contribution in [-0.2, 0) is 0 Å². The van der Waals surface area contributed by atoms with E-state index in [1.807, 2.05) is 18.2 Å². The summed E-state index contributed by atoms with van der Waals surface area (Å²) in [6.07, 6.45) is 0. The molecule has 0 spiro atoms. The van der Waals surface area contributed by atoms with Crippen molar-refractivity contribution >= 4 is 67.2 Å². The molecule has 1 nitrogen and oxygen atoms in total. The molecule has 2 rings (SSSR count). The summed E-state index contributed by atoms with van der Waals surface area (Å²) in [5.41, 5.74) is 0.702. The van der Waals surface area contributed by atoms with Gasteiger partial charge in [0.2, 0.25) is 5.78 Å². The van der Waals surface area contributed by atoms with Crippen molar-refractivity contribution in [2.45, 2.75) is 0 Å². The van der Waals surface area contributed by atoms with Crippen LogP contribution in [0.5, 0.6) is 0 Å². The van der Waals surface area contributed by atoms with Crippen LogP contribution in [0.1, 0.15) is 15.2 Å². The summed E-state index contributed by atoms with van der Waals surface area (Å²) in [6, 6.07) is 9.15. The van der Waals surface area contributed by atoms with E-state index >= 15 is 0 Å². The molecule has 0 unspecified atom stereocenters. The predicted molar refractivity (Wildman–Crippen MR) is 79.6 cm³/mol. The molecule has 0 aliphatic rings. The van der Waals surface area contributed by atoms with Gasteiger partial charge in [-0.2, -0.15) is 0 Å². The molecule has 0 saturated carbocycles. The van der Waals surface area contributed by atoms with E-state index in [0.29, 0.717) is 14.8 Å². The van der Waals surface area contributed by atoms with E-state index in [1.165, 1.54) is 11.3 Å². The second-order valence-corrected chi connectivity index (χ2v) is 6.85. The van der Waals surface area contributed by atoms with Gasteiger partial charge in [0.1, 0.15) is 0 Å². The normalized spacial score (nSPS) is 10.4. The Labute approximate surface area is 124 Å². The number of ketones is 1. The molecule has 0 amide bonds. The van der Waals surface area contributed by atoms with Crippen molar-refractivity contribution in [3.63, 3.8) is 0 Å². The van der Waals surface area contributed by atoms with Gasteiger partial charge in [0.05, 0.1) is 9.21 Å².